The fourth-order valence-corrected chi connectivity index (χ4v) is 7.23. The highest BCUT2D eigenvalue weighted by atomic mass is 35.5. The van der Waals surface area contributed by atoms with Crippen LogP contribution in [0.4, 0.5) is 18.9 Å². The molecule has 2 saturated carbocycles. The van der Waals surface area contributed by atoms with Gasteiger partial charge in [-0.25, -0.2) is 8.42 Å². The minimum atomic E-state index is -4.51. The van der Waals surface area contributed by atoms with E-state index in [9.17, 15) is 31.6 Å². The van der Waals surface area contributed by atoms with Gasteiger partial charge in [0.25, 0.3) is 0 Å². The van der Waals surface area contributed by atoms with Crippen LogP contribution in [0.25, 0.3) is 11.1 Å². The SMILES string of the molecule is N#CC1(NC(=O)[C@@H]2CC(Cl)(Cl)CC[C@H]2c2nn(CC(F)(F)F)cc2-c2ccc(N3CCS(=O)(=O)CC3)cc2)CC1. The Morgan fingerprint density at radius 2 is 1.80 bits per heavy atom. The molecule has 1 aliphatic heterocycles. The van der Waals surface area contributed by atoms with E-state index >= 15 is 0 Å². The second-order valence-corrected chi connectivity index (χ2v) is 14.9. The zero-order chi connectivity index (χ0) is 28.9. The quantitative estimate of drug-likeness (QED) is 0.476. The van der Waals surface area contributed by atoms with E-state index in [0.717, 1.165) is 10.4 Å². The summed E-state index contributed by atoms with van der Waals surface area (Å²) in [6.07, 6.45) is -1.41. The lowest BCUT2D eigenvalue weighted by atomic mass is 9.75. The molecule has 8 nitrogen and oxygen atoms in total. The molecular formula is C26H28Cl2F3N5O3S. The van der Waals surface area contributed by atoms with Crippen molar-refractivity contribution in [2.75, 3.05) is 29.5 Å². The van der Waals surface area contributed by atoms with Gasteiger partial charge in [0, 0.05) is 42.4 Å². The van der Waals surface area contributed by atoms with Crippen LogP contribution in [0.15, 0.2) is 30.5 Å². The summed E-state index contributed by atoms with van der Waals surface area (Å²) in [4.78, 5) is 15.3. The van der Waals surface area contributed by atoms with Gasteiger partial charge in [0.2, 0.25) is 5.91 Å². The number of aromatic nitrogens is 2. The van der Waals surface area contributed by atoms with Crippen molar-refractivity contribution in [3.8, 4) is 17.2 Å². The van der Waals surface area contributed by atoms with Gasteiger partial charge in [-0.05, 0) is 49.8 Å². The average Bonchev–Trinajstić information content (AvgIpc) is 3.53. The van der Waals surface area contributed by atoms with Crippen LogP contribution in [-0.4, -0.2) is 64.7 Å². The number of alkyl halides is 5. The highest BCUT2D eigenvalue weighted by Gasteiger charge is 2.49. The van der Waals surface area contributed by atoms with Crippen molar-refractivity contribution in [1.29, 1.82) is 5.26 Å². The van der Waals surface area contributed by atoms with Gasteiger partial charge in [-0.1, -0.05) is 12.1 Å². The predicted octanol–water partition coefficient (Wildman–Crippen LogP) is 4.58. The molecule has 14 heteroatoms. The molecule has 1 N–H and O–H groups in total. The Morgan fingerprint density at radius 1 is 1.15 bits per heavy atom. The van der Waals surface area contributed by atoms with Crippen LogP contribution in [0.1, 0.15) is 43.7 Å². The smallest absolute Gasteiger partial charge is 0.369 e. The zero-order valence-corrected chi connectivity index (χ0v) is 23.8. The summed E-state index contributed by atoms with van der Waals surface area (Å²) in [7, 11) is -3.05. The molecule has 1 aromatic carbocycles. The molecule has 0 radical (unpaired) electrons. The third kappa shape index (κ3) is 6.52. The summed E-state index contributed by atoms with van der Waals surface area (Å²) < 4.78 is 63.2. The van der Waals surface area contributed by atoms with Crippen LogP contribution in [-0.2, 0) is 21.2 Å². The maximum atomic E-state index is 13.4. The summed E-state index contributed by atoms with van der Waals surface area (Å²) in [5.41, 5.74) is 1.28. The van der Waals surface area contributed by atoms with E-state index in [0.29, 0.717) is 55.6 Å². The van der Waals surface area contributed by atoms with Crippen LogP contribution in [0.2, 0.25) is 0 Å². The summed E-state index contributed by atoms with van der Waals surface area (Å²) in [6, 6.07) is 9.25. The molecule has 0 unspecified atom stereocenters. The molecule has 2 aromatic rings. The molecule has 2 aliphatic carbocycles. The maximum absolute atomic E-state index is 13.4. The van der Waals surface area contributed by atoms with Gasteiger partial charge in [-0.15, -0.1) is 23.2 Å². The monoisotopic (exact) mass is 617 g/mol. The molecule has 1 aromatic heterocycles. The second kappa shape index (κ2) is 10.4. The minimum absolute atomic E-state index is 0.0595. The number of carbonyl (C=O) groups is 1. The average molecular weight is 619 g/mol. The number of hydrogen-bond acceptors (Lipinski definition) is 6. The first-order valence-corrected chi connectivity index (χ1v) is 15.6. The lowest BCUT2D eigenvalue weighted by molar-refractivity contribution is -0.142. The molecule has 5 rings (SSSR count). The van der Waals surface area contributed by atoms with Gasteiger partial charge < -0.3 is 10.2 Å². The van der Waals surface area contributed by atoms with E-state index in [2.05, 4.69) is 16.5 Å². The highest BCUT2D eigenvalue weighted by Crippen LogP contribution is 2.49. The molecule has 2 atom stereocenters. The largest absolute Gasteiger partial charge is 0.408 e. The third-order valence-electron chi connectivity index (χ3n) is 7.86. The normalized spacial score (nSPS) is 25.1. The van der Waals surface area contributed by atoms with Crippen LogP contribution in [0, 0.1) is 17.2 Å². The second-order valence-electron chi connectivity index (χ2n) is 10.9. The van der Waals surface area contributed by atoms with Crippen molar-refractivity contribution in [3.05, 3.63) is 36.2 Å². The van der Waals surface area contributed by atoms with E-state index in [4.69, 9.17) is 23.2 Å². The number of carbonyl (C=O) groups excluding carboxylic acids is 1. The Hall–Kier alpha value is -2.49. The van der Waals surface area contributed by atoms with E-state index in [1.807, 2.05) is 4.90 Å². The Morgan fingerprint density at radius 3 is 2.38 bits per heavy atom. The van der Waals surface area contributed by atoms with Crippen LogP contribution in [0.3, 0.4) is 0 Å². The minimum Gasteiger partial charge on any atom is -0.369 e. The number of nitriles is 1. The number of nitrogens with one attached hydrogen (secondary N) is 1. The molecule has 0 spiro atoms. The Bertz CT molecular complexity index is 1420. The van der Waals surface area contributed by atoms with Crippen molar-refractivity contribution in [2.45, 2.75) is 60.6 Å². The summed E-state index contributed by atoms with van der Waals surface area (Å²) in [5, 5.41) is 16.6. The van der Waals surface area contributed by atoms with Crippen molar-refractivity contribution >= 4 is 44.6 Å². The van der Waals surface area contributed by atoms with E-state index in [1.54, 1.807) is 24.3 Å². The van der Waals surface area contributed by atoms with Crippen molar-refractivity contribution in [2.24, 2.45) is 5.92 Å². The van der Waals surface area contributed by atoms with Crippen LogP contribution in [0.5, 0.6) is 0 Å². The number of sulfone groups is 1. The Labute approximate surface area is 240 Å². The first-order chi connectivity index (χ1) is 18.7. The molecular weight excluding hydrogens is 590 g/mol. The third-order valence-corrected chi connectivity index (χ3v) is 10.2. The Kier molecular flexibility index (Phi) is 7.55. The number of benzene rings is 1. The van der Waals surface area contributed by atoms with Crippen LogP contribution < -0.4 is 10.2 Å². The molecule has 40 heavy (non-hydrogen) atoms. The number of nitrogens with zero attached hydrogens (tertiary/aromatic N) is 4. The first kappa shape index (κ1) is 29.0. The summed E-state index contributed by atoms with van der Waals surface area (Å²) >= 11 is 12.9. The van der Waals surface area contributed by atoms with Gasteiger partial charge in [-0.2, -0.15) is 23.5 Å². The number of rotatable bonds is 6. The van der Waals surface area contributed by atoms with E-state index in [-0.39, 0.29) is 17.9 Å². The lowest BCUT2D eigenvalue weighted by Crippen LogP contribution is -2.45. The predicted molar refractivity (Wildman–Crippen MR) is 145 cm³/mol. The number of halogens is 5. The molecule has 216 valence electrons. The first-order valence-electron chi connectivity index (χ1n) is 13.0. The summed E-state index contributed by atoms with van der Waals surface area (Å²) in [5.74, 6) is -1.66. The van der Waals surface area contributed by atoms with Gasteiger partial charge in [0.15, 0.2) is 9.84 Å². The van der Waals surface area contributed by atoms with Crippen molar-refractivity contribution in [1.82, 2.24) is 15.1 Å². The number of amides is 1. The highest BCUT2D eigenvalue weighted by molar-refractivity contribution is 7.91. The topological polar surface area (TPSA) is 108 Å². The maximum Gasteiger partial charge on any atom is 0.408 e. The van der Waals surface area contributed by atoms with Gasteiger partial charge >= 0.3 is 6.18 Å². The van der Waals surface area contributed by atoms with Crippen LogP contribution >= 0.6 is 23.2 Å². The zero-order valence-electron chi connectivity index (χ0n) is 21.4. The molecule has 1 saturated heterocycles. The van der Waals surface area contributed by atoms with Crippen molar-refractivity contribution in [3.63, 3.8) is 0 Å². The Balaban J connectivity index is 1.48. The van der Waals surface area contributed by atoms with E-state index in [1.165, 1.54) is 6.20 Å². The van der Waals surface area contributed by atoms with Gasteiger partial charge in [0.1, 0.15) is 16.4 Å². The molecule has 0 bridgehead atoms. The fraction of sp³-hybridized carbons (Fsp3) is 0.577. The lowest BCUT2D eigenvalue weighted by Gasteiger charge is -2.37. The van der Waals surface area contributed by atoms with Gasteiger partial charge in [-0.3, -0.25) is 9.48 Å². The molecule has 1 amide bonds. The fourth-order valence-electron chi connectivity index (χ4n) is 5.47. The van der Waals surface area contributed by atoms with Crippen molar-refractivity contribution < 1.29 is 26.4 Å². The number of hydrogen-bond donors (Lipinski definition) is 1. The molecule has 2 heterocycles. The molecule has 3 aliphatic rings. The number of anilines is 1. The standard InChI is InChI=1S/C26H28Cl2F3N5O3S/c27-25(28)6-5-19(20(13-25)23(37)33-24(15-32)7-8-24)22-21(14-36(34-22)16-26(29,30)31)17-1-3-18(4-2-17)35-9-11-40(38,39)12-10-35/h1-4,14,19-20H,5-13,16H2,(H,33,37)/t19-,20-/m1/s1. The van der Waals surface area contributed by atoms with E-state index < -0.39 is 50.2 Å². The van der Waals surface area contributed by atoms with Gasteiger partial charge in [0.05, 0.1) is 23.3 Å². The summed E-state index contributed by atoms with van der Waals surface area (Å²) in [6.45, 7) is -0.577. The molecule has 3 fully saturated rings.